The molecular formula is C14H19I2NO4. The van der Waals surface area contributed by atoms with Crippen LogP contribution in [0, 0.1) is 17.8 Å². The van der Waals surface area contributed by atoms with Crippen molar-refractivity contribution in [2.45, 2.75) is 39.4 Å². The number of hydrogen-bond donors (Lipinski definition) is 0. The zero-order valence-corrected chi connectivity index (χ0v) is 16.5. The van der Waals surface area contributed by atoms with Gasteiger partial charge in [-0.25, -0.2) is 0 Å². The Balaban J connectivity index is 1.70. The fourth-order valence-corrected chi connectivity index (χ4v) is 4.82. The summed E-state index contributed by atoms with van der Waals surface area (Å²) in [7, 11) is 3.89. The molecule has 0 aromatic heterocycles. The SMILES string of the molecule is CN(C)C(I)C(C)(I)C(=O)OC1C2CC3C(=O)OC1C3C2. The molecule has 1 saturated heterocycles. The van der Waals surface area contributed by atoms with Crippen LogP contribution < -0.4 is 0 Å². The molecule has 21 heavy (non-hydrogen) atoms. The minimum atomic E-state index is -0.633. The highest BCUT2D eigenvalue weighted by molar-refractivity contribution is 14.1. The molecule has 3 fully saturated rings. The molecule has 1 heterocycles. The number of rotatable bonds is 4. The van der Waals surface area contributed by atoms with Gasteiger partial charge in [0.1, 0.15) is 15.6 Å². The lowest BCUT2D eigenvalue weighted by atomic mass is 9.88. The van der Waals surface area contributed by atoms with E-state index in [0.29, 0.717) is 5.92 Å². The summed E-state index contributed by atoms with van der Waals surface area (Å²) in [5, 5.41) is 0. The van der Waals surface area contributed by atoms with Gasteiger partial charge in [0, 0.05) is 11.8 Å². The summed E-state index contributed by atoms with van der Waals surface area (Å²) in [4.78, 5) is 26.3. The molecule has 3 rings (SSSR count). The highest BCUT2D eigenvalue weighted by atomic mass is 127. The summed E-state index contributed by atoms with van der Waals surface area (Å²) in [6.45, 7) is 1.89. The van der Waals surface area contributed by atoms with Gasteiger partial charge in [0.2, 0.25) is 0 Å². The van der Waals surface area contributed by atoms with Gasteiger partial charge in [-0.2, -0.15) is 0 Å². The van der Waals surface area contributed by atoms with Crippen LogP contribution in [0.2, 0.25) is 0 Å². The number of hydrogen-bond acceptors (Lipinski definition) is 5. The normalized spacial score (nSPS) is 41.0. The third-order valence-electron chi connectivity index (χ3n) is 4.96. The molecule has 2 aliphatic carbocycles. The molecule has 5 nitrogen and oxygen atoms in total. The molecule has 0 aromatic rings. The van der Waals surface area contributed by atoms with E-state index in [1.54, 1.807) is 0 Å². The van der Waals surface area contributed by atoms with Gasteiger partial charge in [0.15, 0.2) is 0 Å². The maximum absolute atomic E-state index is 12.6. The molecule has 0 amide bonds. The maximum Gasteiger partial charge on any atom is 0.324 e. The zero-order valence-electron chi connectivity index (χ0n) is 12.2. The van der Waals surface area contributed by atoms with Crippen LogP contribution in [0.15, 0.2) is 0 Å². The average Bonchev–Trinajstić information content (AvgIpc) is 3.02. The van der Waals surface area contributed by atoms with E-state index in [-0.39, 0.29) is 40.0 Å². The Morgan fingerprint density at radius 1 is 1.48 bits per heavy atom. The fourth-order valence-electron chi connectivity index (χ4n) is 3.89. The number of nitrogens with zero attached hydrogens (tertiary/aromatic N) is 1. The van der Waals surface area contributed by atoms with Crippen molar-refractivity contribution in [3.63, 3.8) is 0 Å². The molecule has 7 heteroatoms. The van der Waals surface area contributed by atoms with Crippen molar-refractivity contribution >= 4 is 57.1 Å². The molecule has 0 aromatic carbocycles. The van der Waals surface area contributed by atoms with E-state index in [1.165, 1.54) is 0 Å². The summed E-state index contributed by atoms with van der Waals surface area (Å²) >= 11 is 4.42. The van der Waals surface area contributed by atoms with Crippen molar-refractivity contribution in [1.29, 1.82) is 0 Å². The third kappa shape index (κ3) is 2.50. The monoisotopic (exact) mass is 519 g/mol. The topological polar surface area (TPSA) is 55.8 Å². The number of fused-ring (bicyclic) bond motifs is 1. The number of carbonyl (C=O) groups is 2. The Labute approximate surface area is 151 Å². The molecule has 0 radical (unpaired) electrons. The van der Waals surface area contributed by atoms with Crippen molar-refractivity contribution in [2.24, 2.45) is 17.8 Å². The van der Waals surface area contributed by atoms with Gasteiger partial charge < -0.3 is 9.47 Å². The smallest absolute Gasteiger partial charge is 0.324 e. The summed E-state index contributed by atoms with van der Waals surface area (Å²) in [6.07, 6.45) is 1.32. The van der Waals surface area contributed by atoms with Crippen LogP contribution in [-0.2, 0) is 19.1 Å². The lowest BCUT2D eigenvalue weighted by molar-refractivity contribution is -0.163. The number of esters is 2. The van der Waals surface area contributed by atoms with Crippen molar-refractivity contribution < 1.29 is 19.1 Å². The predicted octanol–water partition coefficient (Wildman–Crippen LogP) is 2.00. The second kappa shape index (κ2) is 5.47. The van der Waals surface area contributed by atoms with Gasteiger partial charge in [-0.1, -0.05) is 45.2 Å². The van der Waals surface area contributed by atoms with E-state index in [4.69, 9.17) is 9.47 Å². The van der Waals surface area contributed by atoms with Crippen molar-refractivity contribution in [1.82, 2.24) is 4.90 Å². The number of alkyl halides is 2. The van der Waals surface area contributed by atoms with Gasteiger partial charge in [-0.15, -0.1) is 0 Å². The average molecular weight is 519 g/mol. The first-order chi connectivity index (χ1) is 9.73. The minimum Gasteiger partial charge on any atom is -0.458 e. The van der Waals surface area contributed by atoms with Crippen LogP contribution in [0.3, 0.4) is 0 Å². The van der Waals surface area contributed by atoms with Gasteiger partial charge in [0.05, 0.1) is 9.97 Å². The Hall–Kier alpha value is 0.360. The number of carbonyl (C=O) groups excluding carboxylic acids is 2. The van der Waals surface area contributed by atoms with E-state index in [2.05, 4.69) is 45.2 Å². The van der Waals surface area contributed by atoms with Crippen molar-refractivity contribution in [2.75, 3.05) is 14.1 Å². The van der Waals surface area contributed by atoms with Crippen LogP contribution in [-0.4, -0.2) is 50.6 Å². The standard InChI is InChI=1S/C14H19I2NO4/c1-14(16,12(15)17(2)3)13(19)21-9-6-4-7-8(5-6)11(18)20-10(7)9/h6-10,12H,4-5H2,1-3H3. The van der Waals surface area contributed by atoms with Gasteiger partial charge >= 0.3 is 11.9 Å². The van der Waals surface area contributed by atoms with Crippen LogP contribution in [0.1, 0.15) is 19.8 Å². The molecule has 2 bridgehead atoms. The Morgan fingerprint density at radius 3 is 2.76 bits per heavy atom. The van der Waals surface area contributed by atoms with E-state index >= 15 is 0 Å². The lowest BCUT2D eigenvalue weighted by Gasteiger charge is -2.34. The van der Waals surface area contributed by atoms with E-state index in [9.17, 15) is 9.59 Å². The molecule has 0 spiro atoms. The number of halogens is 2. The van der Waals surface area contributed by atoms with Crippen LogP contribution in [0.5, 0.6) is 0 Å². The fraction of sp³-hybridized carbons (Fsp3) is 0.857. The predicted molar refractivity (Wildman–Crippen MR) is 93.4 cm³/mol. The molecule has 3 aliphatic rings. The van der Waals surface area contributed by atoms with Gasteiger partial charge in [0.25, 0.3) is 0 Å². The van der Waals surface area contributed by atoms with E-state index < -0.39 is 3.42 Å². The molecule has 1 aliphatic heterocycles. The lowest BCUT2D eigenvalue weighted by Crippen LogP contribution is -2.49. The van der Waals surface area contributed by atoms with Crippen LogP contribution >= 0.6 is 45.2 Å². The highest BCUT2D eigenvalue weighted by Gasteiger charge is 2.63. The highest BCUT2D eigenvalue weighted by Crippen LogP contribution is 2.55. The summed E-state index contributed by atoms with van der Waals surface area (Å²) in [6, 6.07) is 0. The molecular weight excluding hydrogens is 500 g/mol. The minimum absolute atomic E-state index is 0.0284. The van der Waals surface area contributed by atoms with E-state index in [0.717, 1.165) is 12.8 Å². The number of ether oxygens (including phenoxy) is 2. The summed E-state index contributed by atoms with van der Waals surface area (Å²) in [5.74, 6) is 0.307. The molecule has 2 saturated carbocycles. The van der Waals surface area contributed by atoms with Gasteiger partial charge in [-0.3, -0.25) is 14.5 Å². The first-order valence-corrected chi connectivity index (χ1v) is 9.47. The largest absolute Gasteiger partial charge is 0.458 e. The first kappa shape index (κ1) is 16.2. The Kier molecular flexibility index (Phi) is 4.22. The summed E-state index contributed by atoms with van der Waals surface area (Å²) in [5.41, 5.74) is 0. The van der Waals surface area contributed by atoms with Crippen molar-refractivity contribution in [3.05, 3.63) is 0 Å². The first-order valence-electron chi connectivity index (χ1n) is 7.14. The molecule has 118 valence electrons. The van der Waals surface area contributed by atoms with Crippen LogP contribution in [0.25, 0.3) is 0 Å². The van der Waals surface area contributed by atoms with Crippen molar-refractivity contribution in [3.8, 4) is 0 Å². The molecule has 0 N–H and O–H groups in total. The second-order valence-corrected chi connectivity index (χ2v) is 10.1. The Morgan fingerprint density at radius 2 is 2.14 bits per heavy atom. The molecule has 7 atom stereocenters. The quantitative estimate of drug-likeness (QED) is 0.247. The zero-order chi connectivity index (χ0) is 15.5. The summed E-state index contributed by atoms with van der Waals surface area (Å²) < 4.78 is 10.6. The third-order valence-corrected chi connectivity index (χ3v) is 9.54. The Bertz CT molecular complexity index is 482. The van der Waals surface area contributed by atoms with Crippen LogP contribution in [0.4, 0.5) is 0 Å². The van der Waals surface area contributed by atoms with Gasteiger partial charge in [-0.05, 0) is 33.9 Å². The van der Waals surface area contributed by atoms with E-state index in [1.807, 2.05) is 25.9 Å². The molecule has 7 unspecified atom stereocenters. The maximum atomic E-state index is 12.6. The second-order valence-electron chi connectivity index (χ2n) is 6.65.